The molecule has 0 fully saturated rings. The molecule has 1 aliphatic heterocycles. The zero-order chi connectivity index (χ0) is 30.6. The molecule has 3 nitrogen and oxygen atoms in total. The number of benzene rings is 4. The third-order valence-electron chi connectivity index (χ3n) is 9.72. The topological polar surface area (TPSA) is 32.0 Å². The van der Waals surface area contributed by atoms with E-state index in [2.05, 4.69) is 149 Å². The van der Waals surface area contributed by atoms with Crippen molar-refractivity contribution in [3.05, 3.63) is 169 Å². The first kappa shape index (κ1) is 26.4. The first-order chi connectivity index (χ1) is 22.8. The molecule has 3 aliphatic rings. The minimum Gasteiger partial charge on any atom is -0.332 e. The predicted molar refractivity (Wildman–Crippen MR) is 187 cm³/mol. The molecule has 216 valence electrons. The Morgan fingerprint density at radius 2 is 1.63 bits per heavy atom. The zero-order valence-corrected chi connectivity index (χ0v) is 25.2. The van der Waals surface area contributed by atoms with E-state index in [4.69, 9.17) is 0 Å². The number of fused-ring (bicyclic) bond motifs is 5. The van der Waals surface area contributed by atoms with Crippen LogP contribution in [0.2, 0.25) is 0 Å². The molecule has 2 heterocycles. The van der Waals surface area contributed by atoms with Gasteiger partial charge in [0, 0.05) is 33.6 Å². The standard InChI is InChI=1S/C43H29N3/c44-28-32-13-10-18-34(43(32)46-41-21-7-3-16-37(41)38-17-4-8-22-42(38)46)31-12-9-11-30(27-31)29-23-25-33(26-24-29)45-39-19-5-1-14-35(39)36-15-2-6-20-40(36)45/h1-3,5,7-16,18-19,21-27,37,41H,4,17H2. The Morgan fingerprint density at radius 1 is 0.783 bits per heavy atom. The Bertz CT molecular complexity index is 2290. The van der Waals surface area contributed by atoms with Crippen molar-refractivity contribution >= 4 is 27.5 Å². The van der Waals surface area contributed by atoms with Crippen molar-refractivity contribution < 1.29 is 0 Å². The lowest BCUT2D eigenvalue weighted by Gasteiger charge is -2.32. The highest BCUT2D eigenvalue weighted by molar-refractivity contribution is 6.08. The van der Waals surface area contributed by atoms with Gasteiger partial charge in [0.15, 0.2) is 0 Å². The van der Waals surface area contributed by atoms with Crippen LogP contribution in [0.1, 0.15) is 18.4 Å². The molecule has 0 spiro atoms. The van der Waals surface area contributed by atoms with Gasteiger partial charge in [-0.3, -0.25) is 0 Å². The Balaban J connectivity index is 1.13. The van der Waals surface area contributed by atoms with Gasteiger partial charge in [-0.15, -0.1) is 0 Å². The van der Waals surface area contributed by atoms with Crippen molar-refractivity contribution in [1.29, 1.82) is 5.26 Å². The van der Waals surface area contributed by atoms with Crippen LogP contribution in [0.15, 0.2) is 151 Å². The normalized spacial score (nSPS) is 18.1. The summed E-state index contributed by atoms with van der Waals surface area (Å²) in [4.78, 5) is 2.42. The number of para-hydroxylation sites is 2. The van der Waals surface area contributed by atoms with Gasteiger partial charge in [0.2, 0.25) is 0 Å². The van der Waals surface area contributed by atoms with Gasteiger partial charge < -0.3 is 9.47 Å². The summed E-state index contributed by atoms with van der Waals surface area (Å²) in [5, 5.41) is 12.8. The first-order valence-electron chi connectivity index (χ1n) is 15.9. The van der Waals surface area contributed by atoms with Crippen LogP contribution in [0.5, 0.6) is 0 Å². The second-order valence-electron chi connectivity index (χ2n) is 12.2. The molecule has 2 aliphatic carbocycles. The number of nitriles is 1. The molecule has 1 aromatic heterocycles. The van der Waals surface area contributed by atoms with Crippen molar-refractivity contribution in [3.8, 4) is 34.0 Å². The number of aromatic nitrogens is 1. The van der Waals surface area contributed by atoms with E-state index in [1.54, 1.807) is 0 Å². The number of hydrogen-bond acceptors (Lipinski definition) is 2. The van der Waals surface area contributed by atoms with Crippen LogP contribution in [-0.2, 0) is 0 Å². The SMILES string of the molecule is N#Cc1cccc(-c2cccc(-c3ccc(-n4c5c#cccc5c5ccccc54)cc3)c2)c1N1C2=C(CCC=C2)C2C=CC=CC21. The van der Waals surface area contributed by atoms with Gasteiger partial charge in [0.1, 0.15) is 11.6 Å². The molecule has 0 radical (unpaired) electrons. The zero-order valence-electron chi connectivity index (χ0n) is 25.2. The number of allylic oxidation sites excluding steroid dienone is 4. The van der Waals surface area contributed by atoms with E-state index in [1.807, 2.05) is 18.2 Å². The predicted octanol–water partition coefficient (Wildman–Crippen LogP) is 10.1. The van der Waals surface area contributed by atoms with Crippen LogP contribution in [0.25, 0.3) is 49.7 Å². The molecule has 9 rings (SSSR count). The number of anilines is 1. The first-order valence-corrected chi connectivity index (χ1v) is 15.9. The molecular weight excluding hydrogens is 558 g/mol. The smallest absolute Gasteiger partial charge is 0.105 e. The lowest BCUT2D eigenvalue weighted by atomic mass is 9.87. The van der Waals surface area contributed by atoms with Crippen LogP contribution >= 0.6 is 0 Å². The van der Waals surface area contributed by atoms with Gasteiger partial charge in [-0.2, -0.15) is 5.26 Å². The van der Waals surface area contributed by atoms with E-state index >= 15 is 0 Å². The second kappa shape index (κ2) is 10.6. The average molecular weight is 588 g/mol. The maximum Gasteiger partial charge on any atom is 0.105 e. The summed E-state index contributed by atoms with van der Waals surface area (Å²) in [6.07, 6.45) is 15.6. The van der Waals surface area contributed by atoms with Crippen molar-refractivity contribution in [2.24, 2.45) is 5.92 Å². The monoisotopic (exact) mass is 587 g/mol. The Kier molecular flexibility index (Phi) is 6.05. The fourth-order valence-corrected chi connectivity index (χ4v) is 7.69. The molecule has 5 aromatic carbocycles. The third kappa shape index (κ3) is 4.00. The Morgan fingerprint density at radius 3 is 2.54 bits per heavy atom. The highest BCUT2D eigenvalue weighted by Gasteiger charge is 2.40. The quantitative estimate of drug-likeness (QED) is 0.206. The van der Waals surface area contributed by atoms with Gasteiger partial charge in [-0.25, -0.2) is 0 Å². The van der Waals surface area contributed by atoms with Crippen LogP contribution in [0.3, 0.4) is 0 Å². The maximum atomic E-state index is 10.4. The van der Waals surface area contributed by atoms with Gasteiger partial charge in [0.05, 0.1) is 22.8 Å². The molecule has 2 atom stereocenters. The molecule has 2 unspecified atom stereocenters. The van der Waals surface area contributed by atoms with E-state index in [1.165, 1.54) is 22.0 Å². The van der Waals surface area contributed by atoms with Crippen molar-refractivity contribution in [3.63, 3.8) is 0 Å². The Hall–Kier alpha value is -6.03. The van der Waals surface area contributed by atoms with Crippen molar-refractivity contribution in [1.82, 2.24) is 4.57 Å². The minimum atomic E-state index is 0.164. The van der Waals surface area contributed by atoms with Crippen LogP contribution < -0.4 is 4.90 Å². The van der Waals surface area contributed by atoms with E-state index in [9.17, 15) is 5.26 Å². The largest absolute Gasteiger partial charge is 0.332 e. The molecule has 0 amide bonds. The number of rotatable bonds is 4. The molecule has 6 aromatic rings. The maximum absolute atomic E-state index is 10.4. The fraction of sp³-hybridized carbons (Fsp3) is 0.0930. The number of hydrogen-bond donors (Lipinski definition) is 0. The lowest BCUT2D eigenvalue weighted by molar-refractivity contribution is 0.658. The molecule has 3 heteroatoms. The van der Waals surface area contributed by atoms with Gasteiger partial charge >= 0.3 is 0 Å². The second-order valence-corrected chi connectivity index (χ2v) is 12.2. The average Bonchev–Trinajstić information content (AvgIpc) is 3.64. The summed E-state index contributed by atoms with van der Waals surface area (Å²) in [5.74, 6) is 0.333. The highest BCUT2D eigenvalue weighted by atomic mass is 15.2. The van der Waals surface area contributed by atoms with Crippen molar-refractivity contribution in [2.75, 3.05) is 4.90 Å². The molecular formula is C43H29N3. The molecule has 0 saturated carbocycles. The van der Waals surface area contributed by atoms with Crippen LogP contribution in [0, 0.1) is 29.4 Å². The highest BCUT2D eigenvalue weighted by Crippen LogP contribution is 2.48. The molecule has 0 N–H and O–H groups in total. The van der Waals surface area contributed by atoms with Gasteiger partial charge in [-0.05, 0) is 89.7 Å². The molecule has 0 saturated heterocycles. The third-order valence-corrected chi connectivity index (χ3v) is 9.72. The Labute approximate surface area is 269 Å². The fourth-order valence-electron chi connectivity index (χ4n) is 7.69. The minimum absolute atomic E-state index is 0.164. The van der Waals surface area contributed by atoms with E-state index in [0.717, 1.165) is 57.5 Å². The molecule has 0 bridgehead atoms. The summed E-state index contributed by atoms with van der Waals surface area (Å²) < 4.78 is 2.27. The summed E-state index contributed by atoms with van der Waals surface area (Å²) >= 11 is 0. The lowest BCUT2D eigenvalue weighted by Crippen LogP contribution is -2.33. The van der Waals surface area contributed by atoms with Crippen LogP contribution in [-0.4, -0.2) is 10.6 Å². The summed E-state index contributed by atoms with van der Waals surface area (Å²) in [7, 11) is 0. The van der Waals surface area contributed by atoms with Gasteiger partial charge in [0.25, 0.3) is 0 Å². The summed E-state index contributed by atoms with van der Waals surface area (Å²) in [5.41, 5.74) is 12.1. The summed E-state index contributed by atoms with van der Waals surface area (Å²) in [6.45, 7) is 0. The van der Waals surface area contributed by atoms with E-state index in [-0.39, 0.29) is 6.04 Å². The molecule has 46 heavy (non-hydrogen) atoms. The van der Waals surface area contributed by atoms with E-state index < -0.39 is 0 Å². The van der Waals surface area contributed by atoms with Crippen LogP contribution in [0.4, 0.5) is 5.69 Å². The van der Waals surface area contributed by atoms with Gasteiger partial charge in [-0.1, -0.05) is 97.1 Å². The van der Waals surface area contributed by atoms with E-state index in [0.29, 0.717) is 11.5 Å². The summed E-state index contributed by atoms with van der Waals surface area (Å²) in [6, 6.07) is 45.3. The number of nitrogens with zero attached hydrogens (tertiary/aromatic N) is 3. The van der Waals surface area contributed by atoms with Crippen molar-refractivity contribution in [2.45, 2.75) is 18.9 Å².